The Labute approximate surface area is 138 Å². The van der Waals surface area contributed by atoms with Gasteiger partial charge in [0.25, 0.3) is 0 Å². The first-order valence-electron chi connectivity index (χ1n) is 8.25. The number of rotatable bonds is 7. The van der Waals surface area contributed by atoms with Crippen molar-refractivity contribution in [1.29, 1.82) is 0 Å². The van der Waals surface area contributed by atoms with Crippen molar-refractivity contribution >= 4 is 0 Å². The van der Waals surface area contributed by atoms with Crippen LogP contribution in [0.4, 0.5) is 0 Å². The van der Waals surface area contributed by atoms with Crippen LogP contribution >= 0.6 is 0 Å². The second kappa shape index (κ2) is 7.66. The maximum Gasteiger partial charge on any atom is 0.118 e. The fraction of sp³-hybridized carbons (Fsp3) is 0.474. The summed E-state index contributed by atoms with van der Waals surface area (Å²) in [5, 5.41) is 0. The smallest absolute Gasteiger partial charge is 0.118 e. The lowest BCUT2D eigenvalue weighted by Crippen LogP contribution is -2.31. The van der Waals surface area contributed by atoms with E-state index in [0.29, 0.717) is 6.10 Å². The van der Waals surface area contributed by atoms with E-state index in [2.05, 4.69) is 23.1 Å². The number of benzene rings is 1. The van der Waals surface area contributed by atoms with E-state index in [1.54, 1.807) is 7.11 Å². The Bertz CT molecular complexity index is 599. The normalized spacial score (nSPS) is 17.8. The summed E-state index contributed by atoms with van der Waals surface area (Å²) in [6.45, 7) is 5.49. The number of methoxy groups -OCH3 is 1. The fourth-order valence-electron chi connectivity index (χ4n) is 3.04. The molecule has 0 radical (unpaired) electrons. The summed E-state index contributed by atoms with van der Waals surface area (Å²) in [6, 6.07) is 12.3. The van der Waals surface area contributed by atoms with Crippen molar-refractivity contribution in [1.82, 2.24) is 4.90 Å². The lowest BCUT2D eigenvalue weighted by Gasteiger charge is -2.24. The molecule has 2 aromatic rings. The van der Waals surface area contributed by atoms with Gasteiger partial charge >= 0.3 is 0 Å². The standard InChI is InChI=1S/C19H25NO3/c1-15-5-8-19(23-15)14-20(13-18-4-3-11-22-18)12-16-6-9-17(21-2)10-7-16/h5-10,18H,3-4,11-14H2,1-2H3. The van der Waals surface area contributed by atoms with E-state index in [1.807, 2.05) is 25.1 Å². The van der Waals surface area contributed by atoms with Crippen LogP contribution in [0.1, 0.15) is 29.9 Å². The summed E-state index contributed by atoms with van der Waals surface area (Å²) in [7, 11) is 1.69. The van der Waals surface area contributed by atoms with Crippen LogP contribution in [-0.2, 0) is 17.8 Å². The Kier molecular flexibility index (Phi) is 5.36. The molecule has 1 atom stereocenters. The van der Waals surface area contributed by atoms with Gasteiger partial charge in [-0.3, -0.25) is 4.90 Å². The Balaban J connectivity index is 1.67. The van der Waals surface area contributed by atoms with Crippen molar-refractivity contribution in [2.75, 3.05) is 20.3 Å². The first-order chi connectivity index (χ1) is 11.2. The number of hydrogen-bond donors (Lipinski definition) is 0. The summed E-state index contributed by atoms with van der Waals surface area (Å²) in [5.74, 6) is 2.86. The zero-order chi connectivity index (χ0) is 16.1. The van der Waals surface area contributed by atoms with Gasteiger partial charge in [-0.05, 0) is 49.6 Å². The summed E-state index contributed by atoms with van der Waals surface area (Å²) in [4.78, 5) is 2.40. The molecule has 3 rings (SSSR count). The fourth-order valence-corrected chi connectivity index (χ4v) is 3.04. The third-order valence-electron chi connectivity index (χ3n) is 4.23. The second-order valence-electron chi connectivity index (χ2n) is 6.17. The molecule has 1 aliphatic heterocycles. The van der Waals surface area contributed by atoms with Gasteiger partial charge in [-0.1, -0.05) is 12.1 Å². The monoisotopic (exact) mass is 315 g/mol. The maximum absolute atomic E-state index is 5.81. The lowest BCUT2D eigenvalue weighted by atomic mass is 10.1. The number of hydrogen-bond acceptors (Lipinski definition) is 4. The second-order valence-corrected chi connectivity index (χ2v) is 6.17. The average Bonchev–Trinajstić information content (AvgIpc) is 3.20. The van der Waals surface area contributed by atoms with Crippen molar-refractivity contribution in [2.45, 2.75) is 39.0 Å². The zero-order valence-electron chi connectivity index (χ0n) is 14.0. The molecule has 0 spiro atoms. The predicted octanol–water partition coefficient (Wildman–Crippen LogP) is 3.78. The first kappa shape index (κ1) is 16.1. The highest BCUT2D eigenvalue weighted by atomic mass is 16.5. The largest absolute Gasteiger partial charge is 0.497 e. The van der Waals surface area contributed by atoms with E-state index in [0.717, 1.165) is 49.9 Å². The minimum absolute atomic E-state index is 0.337. The lowest BCUT2D eigenvalue weighted by molar-refractivity contribution is 0.0654. The Morgan fingerprint density at radius 1 is 1.13 bits per heavy atom. The first-order valence-corrected chi connectivity index (χ1v) is 8.25. The van der Waals surface area contributed by atoms with Gasteiger partial charge in [-0.15, -0.1) is 0 Å². The van der Waals surface area contributed by atoms with Crippen molar-refractivity contribution in [2.24, 2.45) is 0 Å². The van der Waals surface area contributed by atoms with Crippen LogP contribution in [0, 0.1) is 6.92 Å². The Hall–Kier alpha value is -1.78. The van der Waals surface area contributed by atoms with Gasteiger partial charge in [-0.25, -0.2) is 0 Å². The van der Waals surface area contributed by atoms with E-state index in [9.17, 15) is 0 Å². The van der Waals surface area contributed by atoms with Crippen molar-refractivity contribution in [3.8, 4) is 5.75 Å². The van der Waals surface area contributed by atoms with Crippen LogP contribution in [0.2, 0.25) is 0 Å². The molecule has 23 heavy (non-hydrogen) atoms. The van der Waals surface area contributed by atoms with Gasteiger partial charge in [-0.2, -0.15) is 0 Å². The molecule has 1 aromatic carbocycles. The molecule has 2 heterocycles. The summed E-state index contributed by atoms with van der Waals surface area (Å²) < 4.78 is 16.8. The predicted molar refractivity (Wildman–Crippen MR) is 89.5 cm³/mol. The number of ether oxygens (including phenoxy) is 2. The molecular weight excluding hydrogens is 290 g/mol. The van der Waals surface area contributed by atoms with Crippen LogP contribution < -0.4 is 4.74 Å². The van der Waals surface area contributed by atoms with E-state index in [1.165, 1.54) is 12.0 Å². The minimum Gasteiger partial charge on any atom is -0.497 e. The zero-order valence-corrected chi connectivity index (χ0v) is 14.0. The van der Waals surface area contributed by atoms with Crippen LogP contribution in [0.5, 0.6) is 5.75 Å². The van der Waals surface area contributed by atoms with Crippen LogP contribution in [-0.4, -0.2) is 31.3 Å². The molecule has 4 nitrogen and oxygen atoms in total. The van der Waals surface area contributed by atoms with Gasteiger partial charge in [0.15, 0.2) is 0 Å². The highest BCUT2D eigenvalue weighted by Crippen LogP contribution is 2.19. The summed E-state index contributed by atoms with van der Waals surface area (Å²) in [6.07, 6.45) is 2.65. The molecule has 0 amide bonds. The molecule has 0 saturated carbocycles. The molecule has 1 saturated heterocycles. The molecule has 1 aromatic heterocycles. The Morgan fingerprint density at radius 3 is 2.57 bits per heavy atom. The minimum atomic E-state index is 0.337. The number of aryl methyl sites for hydroxylation is 1. The SMILES string of the molecule is COc1ccc(CN(Cc2ccc(C)o2)CC2CCCO2)cc1. The molecule has 0 bridgehead atoms. The molecule has 0 aliphatic carbocycles. The van der Waals surface area contributed by atoms with Gasteiger partial charge in [0.2, 0.25) is 0 Å². The third-order valence-corrected chi connectivity index (χ3v) is 4.23. The van der Waals surface area contributed by atoms with E-state index >= 15 is 0 Å². The third kappa shape index (κ3) is 4.60. The summed E-state index contributed by atoms with van der Waals surface area (Å²) >= 11 is 0. The number of nitrogens with zero attached hydrogens (tertiary/aromatic N) is 1. The van der Waals surface area contributed by atoms with Gasteiger partial charge in [0.05, 0.1) is 19.8 Å². The van der Waals surface area contributed by atoms with Gasteiger partial charge in [0.1, 0.15) is 17.3 Å². The molecule has 0 N–H and O–H groups in total. The highest BCUT2D eigenvalue weighted by molar-refractivity contribution is 5.27. The molecule has 1 aliphatic rings. The molecular formula is C19H25NO3. The van der Waals surface area contributed by atoms with Crippen LogP contribution in [0.15, 0.2) is 40.8 Å². The van der Waals surface area contributed by atoms with E-state index in [4.69, 9.17) is 13.9 Å². The van der Waals surface area contributed by atoms with Crippen LogP contribution in [0.25, 0.3) is 0 Å². The highest BCUT2D eigenvalue weighted by Gasteiger charge is 2.20. The molecule has 124 valence electrons. The summed E-state index contributed by atoms with van der Waals surface area (Å²) in [5.41, 5.74) is 1.27. The van der Waals surface area contributed by atoms with Crippen molar-refractivity contribution in [3.05, 3.63) is 53.5 Å². The average molecular weight is 315 g/mol. The van der Waals surface area contributed by atoms with Gasteiger partial charge < -0.3 is 13.9 Å². The van der Waals surface area contributed by atoms with Crippen molar-refractivity contribution < 1.29 is 13.9 Å². The quantitative estimate of drug-likeness (QED) is 0.779. The molecule has 4 heteroatoms. The number of furan rings is 1. The maximum atomic E-state index is 5.81. The van der Waals surface area contributed by atoms with E-state index < -0.39 is 0 Å². The molecule has 1 fully saturated rings. The molecule has 1 unspecified atom stereocenters. The topological polar surface area (TPSA) is 34.8 Å². The van der Waals surface area contributed by atoms with Crippen LogP contribution in [0.3, 0.4) is 0 Å². The van der Waals surface area contributed by atoms with E-state index in [-0.39, 0.29) is 0 Å². The van der Waals surface area contributed by atoms with Crippen molar-refractivity contribution in [3.63, 3.8) is 0 Å². The Morgan fingerprint density at radius 2 is 1.96 bits per heavy atom. The van der Waals surface area contributed by atoms with Gasteiger partial charge in [0, 0.05) is 19.7 Å².